The third kappa shape index (κ3) is 4.44. The van der Waals surface area contributed by atoms with Gasteiger partial charge in [0.1, 0.15) is 0 Å². The van der Waals surface area contributed by atoms with E-state index in [9.17, 15) is 22.8 Å². The number of halogens is 3. The summed E-state index contributed by atoms with van der Waals surface area (Å²) in [6.07, 6.45) is -3.71. The zero-order valence-corrected chi connectivity index (χ0v) is 19.1. The van der Waals surface area contributed by atoms with E-state index in [0.717, 1.165) is 39.4 Å². The van der Waals surface area contributed by atoms with Crippen molar-refractivity contribution >= 4 is 23.0 Å². The second-order valence-electron chi connectivity index (χ2n) is 8.60. The molecule has 0 aliphatic heterocycles. The molecule has 0 radical (unpaired) electrons. The van der Waals surface area contributed by atoms with Crippen LogP contribution in [0.25, 0.3) is 0 Å². The minimum absolute atomic E-state index is 0.228. The Hall–Kier alpha value is -3.00. The predicted octanol–water partition coefficient (Wildman–Crippen LogP) is 4.85. The predicted molar refractivity (Wildman–Crippen MR) is 120 cm³/mol. The second kappa shape index (κ2) is 8.41. The molecule has 0 saturated carbocycles. The van der Waals surface area contributed by atoms with Crippen molar-refractivity contribution in [2.24, 2.45) is 5.73 Å². The maximum Gasteiger partial charge on any atom is 0.416 e. The Morgan fingerprint density at radius 2 is 1.85 bits per heavy atom. The van der Waals surface area contributed by atoms with E-state index < -0.39 is 23.1 Å². The molecule has 33 heavy (non-hydrogen) atoms. The molecule has 0 fully saturated rings. The van der Waals surface area contributed by atoms with Gasteiger partial charge in [-0.15, -0.1) is 11.3 Å². The summed E-state index contributed by atoms with van der Waals surface area (Å²) in [5, 5.41) is 0.705. The summed E-state index contributed by atoms with van der Waals surface area (Å²) in [6, 6.07) is 11.0. The molecule has 2 N–H and O–H groups in total. The van der Waals surface area contributed by atoms with Gasteiger partial charge in [0.05, 0.1) is 28.1 Å². The summed E-state index contributed by atoms with van der Waals surface area (Å²) in [4.78, 5) is 30.5. The fraction of sp³-hybridized carbons (Fsp3) is 0.320. The Balaban J connectivity index is 1.65. The third-order valence-electron chi connectivity index (χ3n) is 6.35. The van der Waals surface area contributed by atoms with Crippen LogP contribution in [-0.4, -0.2) is 16.7 Å². The number of carbonyl (C=O) groups excluding carboxylic acids is 2. The first-order valence-corrected chi connectivity index (χ1v) is 11.3. The molecule has 1 unspecified atom stereocenters. The monoisotopic (exact) mass is 472 g/mol. The average Bonchev–Trinajstić information content (AvgIpc) is 3.25. The number of Topliss-reactive ketones (excluding diaryl/α,β-unsaturated/α-hetero) is 1. The standard InChI is InChI=1S/C25H23F3N2O2S/c1-14-5-3-8-18(15(14)2)24(21(31)11-22(29)32)12-19-20(13-24)33-23(30-19)10-16-6-4-7-17(9-16)25(26,27)28/h3-9H,10-13H2,1-2H3,(H2,29,32). The van der Waals surface area contributed by atoms with Crippen LogP contribution in [0.15, 0.2) is 42.5 Å². The van der Waals surface area contributed by atoms with Crippen LogP contribution in [0.4, 0.5) is 13.2 Å². The molecule has 1 heterocycles. The lowest BCUT2D eigenvalue weighted by molar-refractivity contribution is -0.137. The van der Waals surface area contributed by atoms with Crippen LogP contribution in [0, 0.1) is 13.8 Å². The van der Waals surface area contributed by atoms with E-state index in [-0.39, 0.29) is 18.6 Å². The number of benzene rings is 2. The quantitative estimate of drug-likeness (QED) is 0.521. The summed E-state index contributed by atoms with van der Waals surface area (Å²) >= 11 is 1.41. The van der Waals surface area contributed by atoms with Crippen LogP contribution in [-0.2, 0) is 40.4 Å². The van der Waals surface area contributed by atoms with E-state index >= 15 is 0 Å². The molecule has 4 nitrogen and oxygen atoms in total. The molecule has 3 aromatic rings. The zero-order chi connectivity index (χ0) is 24.0. The van der Waals surface area contributed by atoms with Gasteiger partial charge in [-0.05, 0) is 42.2 Å². The highest BCUT2D eigenvalue weighted by Crippen LogP contribution is 2.45. The van der Waals surface area contributed by atoms with Gasteiger partial charge in [0.15, 0.2) is 5.78 Å². The number of fused-ring (bicyclic) bond motifs is 1. The van der Waals surface area contributed by atoms with Gasteiger partial charge in [0.2, 0.25) is 5.91 Å². The molecular weight excluding hydrogens is 449 g/mol. The number of nitrogens with two attached hydrogens (primary N) is 1. The van der Waals surface area contributed by atoms with Crippen molar-refractivity contribution in [1.29, 1.82) is 0 Å². The van der Waals surface area contributed by atoms with E-state index in [1.807, 2.05) is 32.0 Å². The highest BCUT2D eigenvalue weighted by Gasteiger charge is 2.47. The number of aryl methyl sites for hydroxylation is 1. The van der Waals surface area contributed by atoms with Gasteiger partial charge in [0, 0.05) is 24.1 Å². The largest absolute Gasteiger partial charge is 0.416 e. The number of rotatable bonds is 6. The summed E-state index contributed by atoms with van der Waals surface area (Å²) < 4.78 is 39.1. The number of alkyl halides is 3. The summed E-state index contributed by atoms with van der Waals surface area (Å²) in [6.45, 7) is 3.93. The van der Waals surface area contributed by atoms with Crippen LogP contribution in [0.2, 0.25) is 0 Å². The van der Waals surface area contributed by atoms with E-state index in [0.29, 0.717) is 23.4 Å². The van der Waals surface area contributed by atoms with Crippen LogP contribution in [0.1, 0.15) is 49.8 Å². The minimum atomic E-state index is -4.40. The highest BCUT2D eigenvalue weighted by atomic mass is 32.1. The summed E-state index contributed by atoms with van der Waals surface area (Å²) in [5.74, 6) is -0.897. The van der Waals surface area contributed by atoms with Gasteiger partial charge in [-0.1, -0.05) is 36.4 Å². The first-order valence-electron chi connectivity index (χ1n) is 10.5. The van der Waals surface area contributed by atoms with Gasteiger partial charge in [0.25, 0.3) is 0 Å². The normalized spacial score (nSPS) is 17.7. The fourth-order valence-electron chi connectivity index (χ4n) is 4.58. The van der Waals surface area contributed by atoms with E-state index in [2.05, 4.69) is 4.98 Å². The van der Waals surface area contributed by atoms with Gasteiger partial charge in [-0.3, -0.25) is 9.59 Å². The molecular formula is C25H23F3N2O2S. The molecule has 1 amide bonds. The number of hydrogen-bond acceptors (Lipinski definition) is 4. The SMILES string of the molecule is Cc1cccc(C2(C(=O)CC(N)=O)Cc3nc(Cc4cccc(C(F)(F)F)c4)sc3C2)c1C. The number of thiazole rings is 1. The fourth-order valence-corrected chi connectivity index (χ4v) is 5.81. The maximum atomic E-state index is 13.3. The van der Waals surface area contributed by atoms with Crippen molar-refractivity contribution in [1.82, 2.24) is 4.98 Å². The molecule has 2 aromatic carbocycles. The Labute approximate surface area is 193 Å². The molecule has 172 valence electrons. The van der Waals surface area contributed by atoms with Crippen LogP contribution in [0.5, 0.6) is 0 Å². The van der Waals surface area contributed by atoms with Gasteiger partial charge in [-0.25, -0.2) is 4.98 Å². The topological polar surface area (TPSA) is 73.1 Å². The van der Waals surface area contributed by atoms with Crippen LogP contribution in [0.3, 0.4) is 0 Å². The summed E-state index contributed by atoms with van der Waals surface area (Å²) in [7, 11) is 0. The second-order valence-corrected chi connectivity index (χ2v) is 9.77. The lowest BCUT2D eigenvalue weighted by Gasteiger charge is -2.30. The lowest BCUT2D eigenvalue weighted by atomic mass is 9.71. The van der Waals surface area contributed by atoms with E-state index in [1.54, 1.807) is 6.07 Å². The number of primary amides is 1. The van der Waals surface area contributed by atoms with Gasteiger partial charge in [-0.2, -0.15) is 13.2 Å². The van der Waals surface area contributed by atoms with Crippen molar-refractivity contribution < 1.29 is 22.8 Å². The van der Waals surface area contributed by atoms with E-state index in [4.69, 9.17) is 5.73 Å². The number of carbonyl (C=O) groups is 2. The molecule has 1 aromatic heterocycles. The van der Waals surface area contributed by atoms with Crippen molar-refractivity contribution in [3.05, 3.63) is 85.9 Å². The molecule has 1 atom stereocenters. The van der Waals surface area contributed by atoms with Crippen LogP contribution < -0.4 is 5.73 Å². The first kappa shape index (κ1) is 23.2. The van der Waals surface area contributed by atoms with Crippen molar-refractivity contribution in [2.45, 2.75) is 51.1 Å². The number of nitrogens with zero attached hydrogens (tertiary/aromatic N) is 1. The maximum absolute atomic E-state index is 13.3. The Morgan fingerprint density at radius 3 is 2.52 bits per heavy atom. The van der Waals surface area contributed by atoms with Crippen molar-refractivity contribution in [2.75, 3.05) is 0 Å². The van der Waals surface area contributed by atoms with Crippen LogP contribution >= 0.6 is 11.3 Å². The Kier molecular flexibility index (Phi) is 5.90. The molecule has 1 aliphatic rings. The Morgan fingerprint density at radius 1 is 1.12 bits per heavy atom. The molecule has 8 heteroatoms. The zero-order valence-electron chi connectivity index (χ0n) is 18.3. The number of aromatic nitrogens is 1. The highest BCUT2D eigenvalue weighted by molar-refractivity contribution is 7.11. The number of amides is 1. The van der Waals surface area contributed by atoms with E-state index in [1.165, 1.54) is 17.4 Å². The molecule has 0 spiro atoms. The summed E-state index contributed by atoms with van der Waals surface area (Å²) in [5.41, 5.74) is 7.96. The third-order valence-corrected chi connectivity index (χ3v) is 7.45. The van der Waals surface area contributed by atoms with Gasteiger partial charge >= 0.3 is 6.18 Å². The first-order chi connectivity index (χ1) is 15.5. The van der Waals surface area contributed by atoms with Crippen molar-refractivity contribution in [3.8, 4) is 0 Å². The van der Waals surface area contributed by atoms with Crippen molar-refractivity contribution in [3.63, 3.8) is 0 Å². The molecule has 4 rings (SSSR count). The lowest BCUT2D eigenvalue weighted by Crippen LogP contribution is -2.40. The Bertz CT molecular complexity index is 1220. The molecule has 1 aliphatic carbocycles. The smallest absolute Gasteiger partial charge is 0.369 e. The minimum Gasteiger partial charge on any atom is -0.369 e. The molecule has 0 saturated heterocycles. The number of ketones is 1. The number of hydrogen-bond donors (Lipinski definition) is 1. The van der Waals surface area contributed by atoms with Gasteiger partial charge < -0.3 is 5.73 Å². The molecule has 0 bridgehead atoms. The average molecular weight is 473 g/mol.